The van der Waals surface area contributed by atoms with Gasteiger partial charge in [-0.1, -0.05) is 12.1 Å². The maximum absolute atomic E-state index is 14.4. The summed E-state index contributed by atoms with van der Waals surface area (Å²) in [5.41, 5.74) is 1.84. The van der Waals surface area contributed by atoms with E-state index in [0.717, 1.165) is 36.2 Å². The fourth-order valence-corrected chi connectivity index (χ4v) is 4.35. The standard InChI is InChI=1S/C24H34FN3O5S/c1-17-4-7-22(28-8-10-32-11-9-28)23(12-17)33-16-19(29)15-27-24(2,3)14-18-5-6-20(13-21(18)25)34(26,30)31/h4-7,12-13,19,27,29H,8-11,14-16H2,1-3H3,(H2,26,30,31)/t19-/m0/s1. The third-order valence-electron chi connectivity index (χ3n) is 5.70. The monoisotopic (exact) mass is 495 g/mol. The number of nitrogens with zero attached hydrogens (tertiary/aromatic N) is 1. The Balaban J connectivity index is 1.56. The topological polar surface area (TPSA) is 114 Å². The van der Waals surface area contributed by atoms with Crippen molar-refractivity contribution in [2.75, 3.05) is 44.4 Å². The maximum atomic E-state index is 14.4. The number of aliphatic hydroxyl groups is 1. The molecule has 2 aromatic carbocycles. The molecule has 0 aromatic heterocycles. The number of aliphatic hydroxyl groups excluding tert-OH is 1. The molecule has 0 bridgehead atoms. The van der Waals surface area contributed by atoms with Crippen LogP contribution in [0.4, 0.5) is 10.1 Å². The zero-order valence-corrected chi connectivity index (χ0v) is 20.7. The molecule has 1 aliphatic rings. The van der Waals surface area contributed by atoms with E-state index >= 15 is 0 Å². The Morgan fingerprint density at radius 1 is 1.24 bits per heavy atom. The summed E-state index contributed by atoms with van der Waals surface area (Å²) < 4.78 is 48.6. The minimum atomic E-state index is -3.96. The predicted molar refractivity (Wildman–Crippen MR) is 129 cm³/mol. The van der Waals surface area contributed by atoms with Crippen LogP contribution in [0.25, 0.3) is 0 Å². The molecule has 0 spiro atoms. The molecule has 1 heterocycles. The van der Waals surface area contributed by atoms with Crippen LogP contribution >= 0.6 is 0 Å². The number of primary sulfonamides is 1. The summed E-state index contributed by atoms with van der Waals surface area (Å²) >= 11 is 0. The van der Waals surface area contributed by atoms with E-state index in [2.05, 4.69) is 10.2 Å². The number of aryl methyl sites for hydroxylation is 1. The van der Waals surface area contributed by atoms with Crippen LogP contribution in [0.3, 0.4) is 0 Å². The molecular formula is C24H34FN3O5S. The molecule has 1 aliphatic heterocycles. The number of rotatable bonds is 10. The second-order valence-corrected chi connectivity index (χ2v) is 10.8. The Labute approximate surface area is 200 Å². The summed E-state index contributed by atoms with van der Waals surface area (Å²) in [6, 6.07) is 9.66. The van der Waals surface area contributed by atoms with E-state index in [1.807, 2.05) is 39.0 Å². The molecule has 4 N–H and O–H groups in total. The largest absolute Gasteiger partial charge is 0.489 e. The number of ether oxygens (including phenoxy) is 2. The van der Waals surface area contributed by atoms with E-state index in [0.29, 0.717) is 18.8 Å². The highest BCUT2D eigenvalue weighted by Crippen LogP contribution is 2.30. The van der Waals surface area contributed by atoms with Gasteiger partial charge in [-0.25, -0.2) is 17.9 Å². The highest BCUT2D eigenvalue weighted by molar-refractivity contribution is 7.89. The van der Waals surface area contributed by atoms with Crippen molar-refractivity contribution in [3.63, 3.8) is 0 Å². The van der Waals surface area contributed by atoms with Gasteiger partial charge in [0.15, 0.2) is 0 Å². The minimum Gasteiger partial charge on any atom is -0.489 e. The average Bonchev–Trinajstić information content (AvgIpc) is 2.77. The Kier molecular flexibility index (Phi) is 8.53. The van der Waals surface area contributed by atoms with Crippen molar-refractivity contribution in [2.24, 2.45) is 5.14 Å². The lowest BCUT2D eigenvalue weighted by molar-refractivity contribution is 0.0981. The molecule has 1 atom stereocenters. The van der Waals surface area contributed by atoms with Gasteiger partial charge in [0.2, 0.25) is 10.0 Å². The first-order valence-corrected chi connectivity index (χ1v) is 12.8. The van der Waals surface area contributed by atoms with Gasteiger partial charge in [0.05, 0.1) is 23.8 Å². The number of nitrogens with one attached hydrogen (secondary N) is 1. The number of hydrogen-bond acceptors (Lipinski definition) is 7. The molecule has 0 amide bonds. The SMILES string of the molecule is Cc1ccc(N2CCOCC2)c(OC[C@@H](O)CNC(C)(C)Cc2ccc(S(N)(=O)=O)cc2F)c1. The second kappa shape index (κ2) is 11.0. The van der Waals surface area contributed by atoms with Crippen LogP contribution in [0.5, 0.6) is 5.75 Å². The number of nitrogens with two attached hydrogens (primary N) is 1. The van der Waals surface area contributed by atoms with Gasteiger partial charge in [-0.15, -0.1) is 0 Å². The highest BCUT2D eigenvalue weighted by Gasteiger charge is 2.23. The Morgan fingerprint density at radius 2 is 1.94 bits per heavy atom. The number of benzene rings is 2. The van der Waals surface area contributed by atoms with Gasteiger partial charge in [-0.2, -0.15) is 0 Å². The zero-order chi connectivity index (χ0) is 24.9. The summed E-state index contributed by atoms with van der Waals surface area (Å²) in [5.74, 6) is 0.0811. The molecule has 1 fully saturated rings. The van der Waals surface area contributed by atoms with Crippen LogP contribution in [0, 0.1) is 12.7 Å². The van der Waals surface area contributed by atoms with Gasteiger partial charge < -0.3 is 24.8 Å². The van der Waals surface area contributed by atoms with Crippen molar-refractivity contribution >= 4 is 15.7 Å². The van der Waals surface area contributed by atoms with E-state index in [1.165, 1.54) is 12.1 Å². The molecule has 0 aliphatic carbocycles. The van der Waals surface area contributed by atoms with Gasteiger partial charge >= 0.3 is 0 Å². The number of anilines is 1. The molecule has 0 unspecified atom stereocenters. The molecule has 188 valence electrons. The number of hydrogen-bond donors (Lipinski definition) is 3. The average molecular weight is 496 g/mol. The van der Waals surface area contributed by atoms with Gasteiger partial charge in [0.25, 0.3) is 0 Å². The molecular weight excluding hydrogens is 461 g/mol. The summed E-state index contributed by atoms with van der Waals surface area (Å²) in [6.45, 7) is 8.99. The maximum Gasteiger partial charge on any atom is 0.238 e. The van der Waals surface area contributed by atoms with Gasteiger partial charge in [0.1, 0.15) is 24.3 Å². The molecule has 1 saturated heterocycles. The molecule has 10 heteroatoms. The van der Waals surface area contributed by atoms with Crippen LogP contribution in [0.1, 0.15) is 25.0 Å². The number of halogens is 1. The first kappa shape index (κ1) is 26.4. The first-order valence-electron chi connectivity index (χ1n) is 11.2. The second-order valence-electron chi connectivity index (χ2n) is 9.28. The number of morpholine rings is 1. The summed E-state index contributed by atoms with van der Waals surface area (Å²) in [4.78, 5) is 1.95. The van der Waals surface area contributed by atoms with E-state index < -0.39 is 27.5 Å². The predicted octanol–water partition coefficient (Wildman–Crippen LogP) is 1.97. The lowest BCUT2D eigenvalue weighted by Crippen LogP contribution is -2.46. The fraction of sp³-hybridized carbons (Fsp3) is 0.500. The molecule has 8 nitrogen and oxygen atoms in total. The van der Waals surface area contributed by atoms with E-state index in [1.54, 1.807) is 0 Å². The van der Waals surface area contributed by atoms with Crippen LogP contribution in [0.2, 0.25) is 0 Å². The number of β-amino-alcohol motifs (C(OH)–C–C–N with tert-alkyl or cyclic N) is 1. The summed E-state index contributed by atoms with van der Waals surface area (Å²) in [7, 11) is -3.96. The van der Waals surface area contributed by atoms with E-state index in [-0.39, 0.29) is 24.5 Å². The quantitative estimate of drug-likeness (QED) is 0.462. The first-order chi connectivity index (χ1) is 15.9. The van der Waals surface area contributed by atoms with Crippen LogP contribution in [-0.4, -0.2) is 64.6 Å². The smallest absolute Gasteiger partial charge is 0.238 e. The Hall–Kier alpha value is -2.24. The fourth-order valence-electron chi connectivity index (χ4n) is 3.83. The van der Waals surface area contributed by atoms with Crippen molar-refractivity contribution in [1.29, 1.82) is 0 Å². The van der Waals surface area contributed by atoms with Crippen molar-refractivity contribution < 1.29 is 27.4 Å². The Morgan fingerprint density at radius 3 is 2.59 bits per heavy atom. The van der Waals surface area contributed by atoms with Gasteiger partial charge in [-0.05, 0) is 62.6 Å². The summed E-state index contributed by atoms with van der Waals surface area (Å²) in [5, 5.41) is 18.8. The number of sulfonamides is 1. The van der Waals surface area contributed by atoms with E-state index in [4.69, 9.17) is 14.6 Å². The molecule has 34 heavy (non-hydrogen) atoms. The summed E-state index contributed by atoms with van der Waals surface area (Å²) in [6.07, 6.45) is -0.497. The van der Waals surface area contributed by atoms with Crippen LogP contribution in [-0.2, 0) is 21.2 Å². The van der Waals surface area contributed by atoms with Crippen molar-refractivity contribution in [3.05, 3.63) is 53.3 Å². The van der Waals surface area contributed by atoms with E-state index in [9.17, 15) is 17.9 Å². The Bertz CT molecular complexity index is 1090. The third kappa shape index (κ3) is 7.38. The molecule has 0 saturated carbocycles. The van der Waals surface area contributed by atoms with Crippen molar-refractivity contribution in [2.45, 2.75) is 43.7 Å². The lowest BCUT2D eigenvalue weighted by Gasteiger charge is -2.31. The van der Waals surface area contributed by atoms with Gasteiger partial charge in [0, 0.05) is 25.2 Å². The van der Waals surface area contributed by atoms with Crippen molar-refractivity contribution in [3.8, 4) is 5.75 Å². The minimum absolute atomic E-state index is 0.0985. The van der Waals surface area contributed by atoms with Crippen LogP contribution in [0.15, 0.2) is 41.3 Å². The van der Waals surface area contributed by atoms with Crippen LogP contribution < -0.4 is 20.1 Å². The zero-order valence-electron chi connectivity index (χ0n) is 19.9. The van der Waals surface area contributed by atoms with Crippen molar-refractivity contribution in [1.82, 2.24) is 5.32 Å². The van der Waals surface area contributed by atoms with Gasteiger partial charge in [-0.3, -0.25) is 0 Å². The highest BCUT2D eigenvalue weighted by atomic mass is 32.2. The third-order valence-corrected chi connectivity index (χ3v) is 6.61. The lowest BCUT2D eigenvalue weighted by atomic mass is 9.94. The molecule has 2 aromatic rings. The molecule has 3 rings (SSSR count). The molecule has 0 radical (unpaired) electrons. The normalized spacial score (nSPS) is 15.9.